The predicted octanol–water partition coefficient (Wildman–Crippen LogP) is 3.98. The first kappa shape index (κ1) is 12.2. The average Bonchev–Trinajstić information content (AvgIpc) is 2.06. The van der Waals surface area contributed by atoms with E-state index in [2.05, 4.69) is 20.7 Å². The van der Waals surface area contributed by atoms with E-state index in [0.717, 1.165) is 6.07 Å². The highest BCUT2D eigenvalue weighted by Gasteiger charge is 2.61. The molecule has 7 heteroatoms. The summed E-state index contributed by atoms with van der Waals surface area (Å²) >= 11 is 2.79. The molecule has 1 aromatic rings. The molecule has 0 bridgehead atoms. The van der Waals surface area contributed by atoms with E-state index in [4.69, 9.17) is 0 Å². The summed E-state index contributed by atoms with van der Waals surface area (Å²) in [5, 5.41) is 0. The summed E-state index contributed by atoms with van der Waals surface area (Å²) in [6.07, 6.45) is -10.9. The third-order valence-corrected chi connectivity index (χ3v) is 2.06. The molecule has 15 heavy (non-hydrogen) atoms. The van der Waals surface area contributed by atoms with Crippen molar-refractivity contribution in [3.05, 3.63) is 28.7 Å². The molecule has 0 aliphatic heterocycles. The Morgan fingerprint density at radius 1 is 1.00 bits per heavy atom. The molecule has 0 fully saturated rings. The molecule has 1 nitrogen and oxygen atoms in total. The highest BCUT2D eigenvalue weighted by Crippen LogP contribution is 2.39. The van der Waals surface area contributed by atoms with Gasteiger partial charge in [0, 0.05) is 0 Å². The summed E-state index contributed by atoms with van der Waals surface area (Å²) in [6, 6.07) is 5.04. The molecule has 0 radical (unpaired) electrons. The van der Waals surface area contributed by atoms with Crippen molar-refractivity contribution in [1.29, 1.82) is 0 Å². The SMILES string of the molecule is FC(F)(F)C(F)(F)Oc1ccccc1Br. The van der Waals surface area contributed by atoms with Crippen LogP contribution >= 0.6 is 15.9 Å². The van der Waals surface area contributed by atoms with Crippen molar-refractivity contribution in [3.8, 4) is 5.75 Å². The van der Waals surface area contributed by atoms with Gasteiger partial charge in [0.15, 0.2) is 0 Å². The minimum atomic E-state index is -5.73. The number of benzene rings is 1. The maximum atomic E-state index is 12.4. The van der Waals surface area contributed by atoms with Crippen LogP contribution in [0.1, 0.15) is 0 Å². The van der Waals surface area contributed by atoms with E-state index in [1.807, 2.05) is 0 Å². The molecule has 0 heterocycles. The van der Waals surface area contributed by atoms with E-state index in [0.29, 0.717) is 0 Å². The Morgan fingerprint density at radius 3 is 2.00 bits per heavy atom. The summed E-state index contributed by atoms with van der Waals surface area (Å²) < 4.78 is 63.8. The molecule has 84 valence electrons. The zero-order valence-electron chi connectivity index (χ0n) is 6.99. The van der Waals surface area contributed by atoms with Crippen molar-refractivity contribution in [2.24, 2.45) is 0 Å². The van der Waals surface area contributed by atoms with E-state index >= 15 is 0 Å². The van der Waals surface area contributed by atoms with Gasteiger partial charge >= 0.3 is 12.3 Å². The Balaban J connectivity index is 2.92. The fourth-order valence-corrected chi connectivity index (χ4v) is 1.09. The Hall–Kier alpha value is -0.850. The monoisotopic (exact) mass is 290 g/mol. The number of rotatable bonds is 2. The van der Waals surface area contributed by atoms with E-state index < -0.39 is 18.0 Å². The van der Waals surface area contributed by atoms with Crippen molar-refractivity contribution in [2.45, 2.75) is 12.3 Å². The van der Waals surface area contributed by atoms with Crippen LogP contribution in [0.25, 0.3) is 0 Å². The van der Waals surface area contributed by atoms with Gasteiger partial charge in [-0.25, -0.2) is 0 Å². The molecule has 0 aliphatic carbocycles. The van der Waals surface area contributed by atoms with Crippen LogP contribution in [0, 0.1) is 0 Å². The normalized spacial score (nSPS) is 12.7. The predicted molar refractivity (Wildman–Crippen MR) is 45.8 cm³/mol. The van der Waals surface area contributed by atoms with Crippen LogP contribution < -0.4 is 4.74 Å². The molecule has 0 amide bonds. The summed E-state index contributed by atoms with van der Waals surface area (Å²) in [5.41, 5.74) is 0. The molecule has 0 saturated carbocycles. The van der Waals surface area contributed by atoms with Gasteiger partial charge in [0.2, 0.25) is 0 Å². The standard InChI is InChI=1S/C8H4BrF5O/c9-5-3-1-2-4-6(5)15-8(13,14)7(10,11)12/h1-4H. The van der Waals surface area contributed by atoms with Gasteiger partial charge in [0.05, 0.1) is 4.47 Å². The summed E-state index contributed by atoms with van der Waals surface area (Å²) in [5.74, 6) is -0.570. The molecule has 0 saturated heterocycles. The molecule has 1 rings (SSSR count). The number of ether oxygens (including phenoxy) is 1. The molecule has 0 spiro atoms. The van der Waals surface area contributed by atoms with Gasteiger partial charge < -0.3 is 4.74 Å². The second-order valence-corrected chi connectivity index (χ2v) is 3.40. The number of hydrogen-bond donors (Lipinski definition) is 0. The van der Waals surface area contributed by atoms with Crippen LogP contribution in [-0.4, -0.2) is 12.3 Å². The largest absolute Gasteiger partial charge is 0.499 e. The summed E-state index contributed by atoms with van der Waals surface area (Å²) in [7, 11) is 0. The highest BCUT2D eigenvalue weighted by atomic mass is 79.9. The van der Waals surface area contributed by atoms with Crippen molar-refractivity contribution in [2.75, 3.05) is 0 Å². The van der Waals surface area contributed by atoms with Crippen LogP contribution in [0.3, 0.4) is 0 Å². The van der Waals surface area contributed by atoms with Crippen LogP contribution in [0.2, 0.25) is 0 Å². The molecule has 0 atom stereocenters. The second-order valence-electron chi connectivity index (χ2n) is 2.55. The Bertz CT molecular complexity index is 349. The third kappa shape index (κ3) is 2.80. The lowest BCUT2D eigenvalue weighted by Gasteiger charge is -2.20. The first-order valence-electron chi connectivity index (χ1n) is 3.62. The van der Waals surface area contributed by atoms with E-state index in [-0.39, 0.29) is 4.47 Å². The minimum absolute atomic E-state index is 0.0222. The van der Waals surface area contributed by atoms with Gasteiger partial charge in [-0.05, 0) is 28.1 Å². The Kier molecular flexibility index (Phi) is 3.22. The van der Waals surface area contributed by atoms with Crippen molar-refractivity contribution < 1.29 is 26.7 Å². The van der Waals surface area contributed by atoms with Crippen molar-refractivity contribution in [1.82, 2.24) is 0 Å². The van der Waals surface area contributed by atoms with E-state index in [1.165, 1.54) is 18.2 Å². The van der Waals surface area contributed by atoms with Gasteiger partial charge in [-0.1, -0.05) is 12.1 Å². The lowest BCUT2D eigenvalue weighted by Crippen LogP contribution is -2.41. The third-order valence-electron chi connectivity index (χ3n) is 1.40. The summed E-state index contributed by atoms with van der Waals surface area (Å²) in [4.78, 5) is 0. The van der Waals surface area contributed by atoms with E-state index in [1.54, 1.807) is 0 Å². The summed E-state index contributed by atoms with van der Waals surface area (Å²) in [6.45, 7) is 0. The van der Waals surface area contributed by atoms with Gasteiger partial charge in [0.1, 0.15) is 5.75 Å². The Morgan fingerprint density at radius 2 is 1.53 bits per heavy atom. The molecule has 0 aliphatic rings. The Labute approximate surface area is 90.0 Å². The zero-order valence-corrected chi connectivity index (χ0v) is 8.57. The van der Waals surface area contributed by atoms with Crippen molar-refractivity contribution in [3.63, 3.8) is 0 Å². The number of alkyl halides is 5. The lowest BCUT2D eigenvalue weighted by molar-refractivity contribution is -0.360. The molecule has 0 unspecified atom stereocenters. The van der Waals surface area contributed by atoms with E-state index in [9.17, 15) is 22.0 Å². The first-order valence-corrected chi connectivity index (χ1v) is 4.41. The molecule has 0 aromatic heterocycles. The fraction of sp³-hybridized carbons (Fsp3) is 0.250. The van der Waals surface area contributed by atoms with Crippen LogP contribution in [0.15, 0.2) is 28.7 Å². The highest BCUT2D eigenvalue weighted by molar-refractivity contribution is 9.10. The van der Waals surface area contributed by atoms with Gasteiger partial charge in [-0.3, -0.25) is 0 Å². The van der Waals surface area contributed by atoms with Gasteiger partial charge in [-0.2, -0.15) is 22.0 Å². The number of hydrogen-bond acceptors (Lipinski definition) is 1. The molecular formula is C8H4BrF5O. The molecule has 0 N–H and O–H groups in total. The van der Waals surface area contributed by atoms with Gasteiger partial charge in [0.25, 0.3) is 0 Å². The quantitative estimate of drug-likeness (QED) is 0.749. The van der Waals surface area contributed by atoms with Crippen LogP contribution in [-0.2, 0) is 0 Å². The van der Waals surface area contributed by atoms with Crippen molar-refractivity contribution >= 4 is 15.9 Å². The smallest absolute Gasteiger partial charge is 0.425 e. The maximum Gasteiger partial charge on any atom is 0.499 e. The fourth-order valence-electron chi connectivity index (χ4n) is 0.723. The number of para-hydroxylation sites is 1. The van der Waals surface area contributed by atoms with Gasteiger partial charge in [-0.15, -0.1) is 0 Å². The average molecular weight is 291 g/mol. The first-order chi connectivity index (χ1) is 6.74. The minimum Gasteiger partial charge on any atom is -0.425 e. The molecular weight excluding hydrogens is 287 g/mol. The second kappa shape index (κ2) is 3.96. The number of halogens is 6. The zero-order chi connectivity index (χ0) is 11.7. The maximum absolute atomic E-state index is 12.4. The molecule has 1 aromatic carbocycles. The van der Waals surface area contributed by atoms with Crippen LogP contribution in [0.5, 0.6) is 5.75 Å². The van der Waals surface area contributed by atoms with Crippen LogP contribution in [0.4, 0.5) is 22.0 Å². The lowest BCUT2D eigenvalue weighted by atomic mass is 10.3. The topological polar surface area (TPSA) is 9.23 Å².